The third-order valence-corrected chi connectivity index (χ3v) is 3.21. The van der Waals surface area contributed by atoms with Gasteiger partial charge in [0.1, 0.15) is 5.82 Å². The Kier molecular flexibility index (Phi) is 3.85. The Hall–Kier alpha value is -1.88. The highest BCUT2D eigenvalue weighted by Crippen LogP contribution is 2.26. The van der Waals surface area contributed by atoms with Gasteiger partial charge in [-0.05, 0) is 58.7 Å². The van der Waals surface area contributed by atoms with E-state index >= 15 is 0 Å². The molecule has 0 atom stereocenters. The first-order valence-electron chi connectivity index (χ1n) is 5.53. The van der Waals surface area contributed by atoms with Gasteiger partial charge in [0.05, 0.1) is 15.7 Å². The van der Waals surface area contributed by atoms with E-state index < -0.39 is 5.97 Å². The van der Waals surface area contributed by atoms with Crippen molar-refractivity contribution in [2.45, 2.75) is 6.92 Å². The molecular weight excluding hydrogens is 313 g/mol. The van der Waals surface area contributed by atoms with Crippen LogP contribution in [0.25, 0.3) is 0 Å². The third-order valence-electron chi connectivity index (χ3n) is 2.60. The summed E-state index contributed by atoms with van der Waals surface area (Å²) in [5.41, 5.74) is 2.20. The Morgan fingerprint density at radius 1 is 1.26 bits per heavy atom. The van der Waals surface area contributed by atoms with Gasteiger partial charge in [-0.25, -0.2) is 9.18 Å². The lowest BCUT2D eigenvalue weighted by atomic mass is 10.1. The summed E-state index contributed by atoms with van der Waals surface area (Å²) in [4.78, 5) is 11.1. The molecule has 5 heteroatoms. The lowest BCUT2D eigenvalue weighted by Crippen LogP contribution is -2.03. The highest BCUT2D eigenvalue weighted by Gasteiger charge is 2.10. The Bertz CT molecular complexity index is 643. The van der Waals surface area contributed by atoms with E-state index in [2.05, 4.69) is 21.2 Å². The van der Waals surface area contributed by atoms with Gasteiger partial charge in [-0.3, -0.25) is 0 Å². The maximum atomic E-state index is 13.1. The summed E-state index contributed by atoms with van der Waals surface area (Å²) in [6.07, 6.45) is 0. The molecule has 2 aromatic rings. The van der Waals surface area contributed by atoms with Crippen molar-refractivity contribution in [1.82, 2.24) is 0 Å². The number of carboxylic acid groups (broad SMARTS) is 1. The summed E-state index contributed by atoms with van der Waals surface area (Å²) in [6, 6.07) is 9.43. The van der Waals surface area contributed by atoms with Gasteiger partial charge in [0.15, 0.2) is 0 Å². The smallest absolute Gasteiger partial charge is 0.337 e. The highest BCUT2D eigenvalue weighted by atomic mass is 79.9. The van der Waals surface area contributed by atoms with Crippen molar-refractivity contribution >= 4 is 33.3 Å². The zero-order valence-corrected chi connectivity index (χ0v) is 11.7. The SMILES string of the molecule is Cc1ccc(C(=O)O)c(Nc2ccc(F)c(Br)c2)c1. The first kappa shape index (κ1) is 13.5. The number of hydrogen-bond donors (Lipinski definition) is 2. The number of halogens is 2. The molecule has 0 saturated heterocycles. The number of nitrogens with one attached hydrogen (secondary N) is 1. The number of carbonyl (C=O) groups is 1. The van der Waals surface area contributed by atoms with E-state index in [4.69, 9.17) is 5.11 Å². The fourth-order valence-electron chi connectivity index (χ4n) is 1.68. The quantitative estimate of drug-likeness (QED) is 0.883. The van der Waals surface area contributed by atoms with E-state index in [1.54, 1.807) is 30.3 Å². The van der Waals surface area contributed by atoms with Crippen LogP contribution >= 0.6 is 15.9 Å². The Morgan fingerprint density at radius 3 is 2.63 bits per heavy atom. The van der Waals surface area contributed by atoms with Crippen LogP contribution in [0.5, 0.6) is 0 Å². The summed E-state index contributed by atoms with van der Waals surface area (Å²) < 4.78 is 13.5. The maximum absolute atomic E-state index is 13.1. The normalized spacial score (nSPS) is 10.3. The standard InChI is InChI=1S/C14H11BrFNO2/c1-8-2-4-10(14(18)19)13(6-8)17-9-3-5-12(16)11(15)7-9/h2-7,17H,1H3,(H,18,19). The van der Waals surface area contributed by atoms with Crippen molar-refractivity contribution in [2.75, 3.05) is 5.32 Å². The second-order valence-corrected chi connectivity index (χ2v) is 4.96. The molecule has 0 heterocycles. The van der Waals surface area contributed by atoms with E-state index in [-0.39, 0.29) is 11.4 Å². The maximum Gasteiger partial charge on any atom is 0.337 e. The van der Waals surface area contributed by atoms with E-state index in [9.17, 15) is 9.18 Å². The average Bonchev–Trinajstić information content (AvgIpc) is 2.33. The van der Waals surface area contributed by atoms with Gasteiger partial charge in [0.2, 0.25) is 0 Å². The molecule has 0 spiro atoms. The number of hydrogen-bond acceptors (Lipinski definition) is 2. The first-order chi connectivity index (χ1) is 8.97. The summed E-state index contributed by atoms with van der Waals surface area (Å²) in [7, 11) is 0. The molecule has 3 nitrogen and oxygen atoms in total. The van der Waals surface area contributed by atoms with Gasteiger partial charge in [0.25, 0.3) is 0 Å². The predicted octanol–water partition coefficient (Wildman–Crippen LogP) is 4.34. The Balaban J connectivity index is 2.39. The second kappa shape index (κ2) is 5.40. The van der Waals surface area contributed by atoms with Crippen LogP contribution in [-0.2, 0) is 0 Å². The topological polar surface area (TPSA) is 49.3 Å². The largest absolute Gasteiger partial charge is 0.478 e. The van der Waals surface area contributed by atoms with Crippen molar-refractivity contribution in [3.63, 3.8) is 0 Å². The molecule has 0 aliphatic rings. The number of aryl methyl sites for hydroxylation is 1. The van der Waals surface area contributed by atoms with Crippen LogP contribution in [0.3, 0.4) is 0 Å². The van der Waals surface area contributed by atoms with Crippen LogP contribution in [0.1, 0.15) is 15.9 Å². The molecule has 0 aliphatic heterocycles. The molecule has 0 aliphatic carbocycles. The molecule has 0 radical (unpaired) electrons. The van der Waals surface area contributed by atoms with Crippen LogP contribution in [-0.4, -0.2) is 11.1 Å². The van der Waals surface area contributed by atoms with Gasteiger partial charge in [-0.1, -0.05) is 6.07 Å². The lowest BCUT2D eigenvalue weighted by Gasteiger charge is -2.11. The van der Waals surface area contributed by atoms with Crippen molar-refractivity contribution in [3.8, 4) is 0 Å². The molecule has 0 unspecified atom stereocenters. The molecule has 98 valence electrons. The monoisotopic (exact) mass is 323 g/mol. The fourth-order valence-corrected chi connectivity index (χ4v) is 2.06. The number of carboxylic acids is 1. The van der Waals surface area contributed by atoms with Gasteiger partial charge >= 0.3 is 5.97 Å². The molecule has 0 fully saturated rings. The van der Waals surface area contributed by atoms with Gasteiger partial charge in [0, 0.05) is 5.69 Å². The zero-order valence-electron chi connectivity index (χ0n) is 10.1. The average molecular weight is 324 g/mol. The molecule has 0 amide bonds. The Morgan fingerprint density at radius 2 is 2.00 bits per heavy atom. The summed E-state index contributed by atoms with van der Waals surface area (Å²) in [6.45, 7) is 1.87. The molecular formula is C14H11BrFNO2. The third kappa shape index (κ3) is 3.12. The summed E-state index contributed by atoms with van der Waals surface area (Å²) in [5, 5.41) is 12.1. The second-order valence-electron chi connectivity index (χ2n) is 4.11. The number of rotatable bonds is 3. The molecule has 0 saturated carbocycles. The minimum absolute atomic E-state index is 0.172. The molecule has 2 rings (SSSR count). The predicted molar refractivity (Wildman–Crippen MR) is 75.5 cm³/mol. The zero-order chi connectivity index (χ0) is 14.0. The molecule has 2 N–H and O–H groups in total. The van der Waals surface area contributed by atoms with Crippen molar-refractivity contribution < 1.29 is 14.3 Å². The van der Waals surface area contributed by atoms with E-state index in [0.717, 1.165) is 5.56 Å². The van der Waals surface area contributed by atoms with Crippen LogP contribution < -0.4 is 5.32 Å². The highest BCUT2D eigenvalue weighted by molar-refractivity contribution is 9.10. The molecule has 0 bridgehead atoms. The van der Waals surface area contributed by atoms with Gasteiger partial charge in [-0.2, -0.15) is 0 Å². The van der Waals surface area contributed by atoms with E-state index in [1.165, 1.54) is 6.07 Å². The Labute approximate surface area is 118 Å². The summed E-state index contributed by atoms with van der Waals surface area (Å²) in [5.74, 6) is -1.38. The van der Waals surface area contributed by atoms with Crippen molar-refractivity contribution in [3.05, 3.63) is 57.8 Å². The molecule has 2 aromatic carbocycles. The van der Waals surface area contributed by atoms with Gasteiger partial charge in [-0.15, -0.1) is 0 Å². The van der Waals surface area contributed by atoms with E-state index in [1.807, 2.05) is 6.92 Å². The first-order valence-corrected chi connectivity index (χ1v) is 6.32. The van der Waals surface area contributed by atoms with Gasteiger partial charge < -0.3 is 10.4 Å². The minimum atomic E-state index is -1.01. The van der Waals surface area contributed by atoms with Crippen molar-refractivity contribution in [2.24, 2.45) is 0 Å². The van der Waals surface area contributed by atoms with Crippen molar-refractivity contribution in [1.29, 1.82) is 0 Å². The molecule has 19 heavy (non-hydrogen) atoms. The van der Waals surface area contributed by atoms with Crippen LogP contribution in [0.4, 0.5) is 15.8 Å². The van der Waals surface area contributed by atoms with Crippen LogP contribution in [0, 0.1) is 12.7 Å². The molecule has 0 aromatic heterocycles. The van der Waals surface area contributed by atoms with Crippen LogP contribution in [0.15, 0.2) is 40.9 Å². The summed E-state index contributed by atoms with van der Waals surface area (Å²) >= 11 is 3.09. The van der Waals surface area contributed by atoms with Crippen LogP contribution in [0.2, 0.25) is 0 Å². The number of aromatic carboxylic acids is 1. The number of anilines is 2. The van der Waals surface area contributed by atoms with E-state index in [0.29, 0.717) is 15.8 Å². The number of benzene rings is 2. The fraction of sp³-hybridized carbons (Fsp3) is 0.0714. The lowest BCUT2D eigenvalue weighted by molar-refractivity contribution is 0.0698. The minimum Gasteiger partial charge on any atom is -0.478 e.